The fourth-order valence-electron chi connectivity index (χ4n) is 1.31. The average Bonchev–Trinajstić information content (AvgIpc) is 2.30. The van der Waals surface area contributed by atoms with Crippen LogP contribution in [0.15, 0.2) is 18.2 Å². The first kappa shape index (κ1) is 13.7. The van der Waals surface area contributed by atoms with Crippen LogP contribution in [0.1, 0.15) is 22.8 Å². The molecule has 94 valence electrons. The first-order chi connectivity index (χ1) is 7.98. The molecule has 0 aromatic heterocycles. The highest BCUT2D eigenvalue weighted by molar-refractivity contribution is 7.91. The molecule has 1 aromatic carbocycles. The third kappa shape index (κ3) is 4.19. The van der Waals surface area contributed by atoms with Gasteiger partial charge in [0.2, 0.25) is 0 Å². The van der Waals surface area contributed by atoms with E-state index in [4.69, 9.17) is 4.74 Å². The molecule has 5 heteroatoms. The lowest BCUT2D eigenvalue weighted by Crippen LogP contribution is -2.16. The number of hydrogen-bond acceptors (Lipinski definition) is 4. The van der Waals surface area contributed by atoms with E-state index in [1.807, 2.05) is 13.0 Å². The Bertz CT molecular complexity index is 491. The summed E-state index contributed by atoms with van der Waals surface area (Å²) >= 11 is 0. The van der Waals surface area contributed by atoms with Gasteiger partial charge in [0.15, 0.2) is 16.1 Å². The molecule has 0 spiro atoms. The number of sulfone groups is 1. The van der Waals surface area contributed by atoms with Gasteiger partial charge >= 0.3 is 0 Å². The Hall–Kier alpha value is -1.36. The molecule has 0 aliphatic rings. The number of carbonyl (C=O) groups excluding carboxylic acids is 1. The Labute approximate surface area is 102 Å². The molecule has 0 saturated heterocycles. The number of carbonyl (C=O) groups is 1. The Kier molecular flexibility index (Phi) is 4.69. The van der Waals surface area contributed by atoms with Crippen molar-refractivity contribution in [3.63, 3.8) is 0 Å². The molecule has 0 saturated carbocycles. The summed E-state index contributed by atoms with van der Waals surface area (Å²) < 4.78 is 27.8. The molecular formula is C12H16O4S. The van der Waals surface area contributed by atoms with Crippen LogP contribution < -0.4 is 4.74 Å². The molecule has 0 unspecified atom stereocenters. The number of aryl methyl sites for hydroxylation is 1. The lowest BCUT2D eigenvalue weighted by molar-refractivity contribution is 0.112. The summed E-state index contributed by atoms with van der Waals surface area (Å²) in [5, 5.41) is 0. The molecule has 0 aliphatic carbocycles. The van der Waals surface area contributed by atoms with Gasteiger partial charge in [-0.15, -0.1) is 0 Å². The minimum atomic E-state index is -3.03. The van der Waals surface area contributed by atoms with E-state index in [1.165, 1.54) is 0 Å². The molecule has 17 heavy (non-hydrogen) atoms. The number of hydrogen-bond donors (Lipinski definition) is 0. The first-order valence-corrected chi connectivity index (χ1v) is 7.19. The quantitative estimate of drug-likeness (QED) is 0.726. The molecule has 1 rings (SSSR count). The Morgan fingerprint density at radius 1 is 1.35 bits per heavy atom. The second-order valence-corrected chi connectivity index (χ2v) is 6.22. The Morgan fingerprint density at radius 2 is 2.06 bits per heavy atom. The van der Waals surface area contributed by atoms with Crippen molar-refractivity contribution in [1.82, 2.24) is 0 Å². The van der Waals surface area contributed by atoms with Crippen molar-refractivity contribution >= 4 is 16.1 Å². The fourth-order valence-corrected chi connectivity index (χ4v) is 1.94. The van der Waals surface area contributed by atoms with Crippen LogP contribution in [0.25, 0.3) is 0 Å². The highest BCUT2D eigenvalue weighted by atomic mass is 32.2. The van der Waals surface area contributed by atoms with Crippen molar-refractivity contribution in [3.05, 3.63) is 29.3 Å². The number of aldehydes is 1. The molecule has 0 radical (unpaired) electrons. The summed E-state index contributed by atoms with van der Waals surface area (Å²) in [6, 6.07) is 5.20. The van der Waals surface area contributed by atoms with Crippen molar-refractivity contribution in [2.75, 3.05) is 18.1 Å². The van der Waals surface area contributed by atoms with Gasteiger partial charge in [-0.2, -0.15) is 0 Å². The van der Waals surface area contributed by atoms with Crippen molar-refractivity contribution in [2.45, 2.75) is 13.8 Å². The minimum absolute atomic E-state index is 0.0321. The molecule has 1 aromatic rings. The maximum absolute atomic E-state index is 11.2. The zero-order valence-electron chi connectivity index (χ0n) is 9.97. The van der Waals surface area contributed by atoms with Crippen LogP contribution in [0.5, 0.6) is 5.75 Å². The van der Waals surface area contributed by atoms with Gasteiger partial charge in [-0.1, -0.05) is 18.6 Å². The average molecular weight is 256 g/mol. The molecule has 0 fully saturated rings. The summed E-state index contributed by atoms with van der Waals surface area (Å²) in [6.45, 7) is 3.54. The molecule has 0 amide bonds. The van der Waals surface area contributed by atoms with Crippen LogP contribution in [-0.4, -0.2) is 32.8 Å². The maximum Gasteiger partial charge on any atom is 0.153 e. The predicted octanol–water partition coefficient (Wildman–Crippen LogP) is 1.62. The summed E-state index contributed by atoms with van der Waals surface area (Å²) in [6.07, 6.45) is 0.705. The van der Waals surface area contributed by atoms with Gasteiger partial charge < -0.3 is 4.74 Å². The molecular weight excluding hydrogens is 240 g/mol. The molecule has 0 aliphatic heterocycles. The maximum atomic E-state index is 11.2. The third-order valence-corrected chi connectivity index (χ3v) is 4.05. The van der Waals surface area contributed by atoms with Crippen LogP contribution in [0.3, 0.4) is 0 Å². The van der Waals surface area contributed by atoms with Crippen LogP contribution >= 0.6 is 0 Å². The predicted molar refractivity (Wildman–Crippen MR) is 66.4 cm³/mol. The van der Waals surface area contributed by atoms with Crippen molar-refractivity contribution in [2.24, 2.45) is 0 Å². The van der Waals surface area contributed by atoms with E-state index < -0.39 is 9.84 Å². The van der Waals surface area contributed by atoms with Crippen LogP contribution in [0.4, 0.5) is 0 Å². The summed E-state index contributed by atoms with van der Waals surface area (Å²) in [7, 11) is -3.03. The molecule has 0 atom stereocenters. The van der Waals surface area contributed by atoms with Crippen molar-refractivity contribution in [3.8, 4) is 5.75 Å². The van der Waals surface area contributed by atoms with Gasteiger partial charge in [0.25, 0.3) is 0 Å². The topological polar surface area (TPSA) is 60.4 Å². The number of ether oxygens (including phenoxy) is 1. The van der Waals surface area contributed by atoms with Gasteiger partial charge in [0.1, 0.15) is 12.4 Å². The zero-order chi connectivity index (χ0) is 12.9. The van der Waals surface area contributed by atoms with Gasteiger partial charge in [-0.25, -0.2) is 8.42 Å². The molecule has 4 nitrogen and oxygen atoms in total. The zero-order valence-corrected chi connectivity index (χ0v) is 10.8. The standard InChI is InChI=1S/C12H16O4S/c1-3-17(14,15)7-6-16-12-5-4-10(2)8-11(12)9-13/h4-5,8-9H,3,6-7H2,1-2H3. The normalized spacial score (nSPS) is 11.2. The van der Waals surface area contributed by atoms with E-state index in [1.54, 1.807) is 19.1 Å². The second-order valence-electron chi connectivity index (χ2n) is 3.74. The highest BCUT2D eigenvalue weighted by Gasteiger charge is 2.09. The van der Waals surface area contributed by atoms with E-state index >= 15 is 0 Å². The van der Waals surface area contributed by atoms with E-state index in [-0.39, 0.29) is 18.1 Å². The van der Waals surface area contributed by atoms with E-state index in [0.29, 0.717) is 17.6 Å². The van der Waals surface area contributed by atoms with Crippen LogP contribution in [-0.2, 0) is 9.84 Å². The fraction of sp³-hybridized carbons (Fsp3) is 0.417. The molecule has 0 bridgehead atoms. The third-order valence-electron chi connectivity index (χ3n) is 2.38. The summed E-state index contributed by atoms with van der Waals surface area (Å²) in [4.78, 5) is 10.8. The Balaban J connectivity index is 2.67. The van der Waals surface area contributed by atoms with Crippen LogP contribution in [0.2, 0.25) is 0 Å². The van der Waals surface area contributed by atoms with Gasteiger partial charge in [0, 0.05) is 5.75 Å². The summed E-state index contributed by atoms with van der Waals surface area (Å²) in [5.41, 5.74) is 1.40. The van der Waals surface area contributed by atoms with Crippen molar-refractivity contribution < 1.29 is 17.9 Å². The van der Waals surface area contributed by atoms with Gasteiger partial charge in [-0.05, 0) is 19.1 Å². The summed E-state index contributed by atoms with van der Waals surface area (Å²) in [5.74, 6) is 0.498. The second kappa shape index (κ2) is 5.82. The lowest BCUT2D eigenvalue weighted by atomic mass is 10.1. The highest BCUT2D eigenvalue weighted by Crippen LogP contribution is 2.18. The van der Waals surface area contributed by atoms with Crippen molar-refractivity contribution in [1.29, 1.82) is 0 Å². The van der Waals surface area contributed by atoms with E-state index in [2.05, 4.69) is 0 Å². The lowest BCUT2D eigenvalue weighted by Gasteiger charge is -2.08. The van der Waals surface area contributed by atoms with Gasteiger partial charge in [0.05, 0.1) is 11.3 Å². The first-order valence-electron chi connectivity index (χ1n) is 5.37. The van der Waals surface area contributed by atoms with Crippen LogP contribution in [0, 0.1) is 6.92 Å². The van der Waals surface area contributed by atoms with E-state index in [9.17, 15) is 13.2 Å². The monoisotopic (exact) mass is 256 g/mol. The number of benzene rings is 1. The number of rotatable bonds is 6. The smallest absolute Gasteiger partial charge is 0.153 e. The minimum Gasteiger partial charge on any atom is -0.492 e. The molecule has 0 N–H and O–H groups in total. The molecule has 0 heterocycles. The van der Waals surface area contributed by atoms with Gasteiger partial charge in [-0.3, -0.25) is 4.79 Å². The SMILES string of the molecule is CCS(=O)(=O)CCOc1ccc(C)cc1C=O. The Morgan fingerprint density at radius 3 is 2.65 bits per heavy atom. The largest absolute Gasteiger partial charge is 0.492 e. The van der Waals surface area contributed by atoms with E-state index in [0.717, 1.165) is 5.56 Å².